The average Bonchev–Trinajstić information content (AvgIpc) is 2.14. The first-order chi connectivity index (χ1) is 7.81. The number of alkyl halides is 3. The van der Waals surface area contributed by atoms with E-state index in [9.17, 15) is 23.3 Å². The van der Waals surface area contributed by atoms with Crippen LogP contribution in [0.25, 0.3) is 0 Å². The highest BCUT2D eigenvalue weighted by molar-refractivity contribution is 5.64. The van der Waals surface area contributed by atoms with E-state index in [1.807, 2.05) is 0 Å². The number of para-hydroxylation sites is 1. The Labute approximate surface area is 95.6 Å². The second kappa shape index (κ2) is 5.03. The molecule has 0 fully saturated rings. The third-order valence-corrected chi connectivity index (χ3v) is 2.14. The van der Waals surface area contributed by atoms with Gasteiger partial charge in [-0.15, -0.1) is 0 Å². The van der Waals surface area contributed by atoms with Gasteiger partial charge in [0.15, 0.2) is 0 Å². The lowest BCUT2D eigenvalue weighted by Gasteiger charge is -2.10. The second-order valence-corrected chi connectivity index (χ2v) is 3.52. The number of benzene rings is 1. The molecule has 1 N–H and O–H groups in total. The van der Waals surface area contributed by atoms with Crippen molar-refractivity contribution in [2.45, 2.75) is 19.5 Å². The smallest absolute Gasteiger partial charge is 0.379 e. The summed E-state index contributed by atoms with van der Waals surface area (Å²) < 4.78 is 35.8. The fraction of sp³-hybridized carbons (Fsp3) is 0.400. The lowest BCUT2D eigenvalue weighted by molar-refractivity contribution is -0.384. The number of anilines is 1. The van der Waals surface area contributed by atoms with Crippen LogP contribution in [0.5, 0.6) is 0 Å². The van der Waals surface area contributed by atoms with Gasteiger partial charge in [-0.2, -0.15) is 13.2 Å². The Bertz CT molecular complexity index is 419. The van der Waals surface area contributed by atoms with Crippen LogP contribution in [0.3, 0.4) is 0 Å². The summed E-state index contributed by atoms with van der Waals surface area (Å²) in [5.41, 5.74) is 0.334. The van der Waals surface area contributed by atoms with Gasteiger partial charge in [0.2, 0.25) is 0 Å². The highest BCUT2D eigenvalue weighted by Crippen LogP contribution is 2.28. The van der Waals surface area contributed by atoms with Crippen LogP contribution in [0.1, 0.15) is 12.0 Å². The summed E-state index contributed by atoms with van der Waals surface area (Å²) in [6.45, 7) is 1.15. The van der Waals surface area contributed by atoms with Crippen molar-refractivity contribution in [2.75, 3.05) is 11.9 Å². The molecule has 0 bridgehead atoms. The van der Waals surface area contributed by atoms with Crippen molar-refractivity contribution in [3.8, 4) is 0 Å². The number of nitro groups is 1. The monoisotopic (exact) mass is 248 g/mol. The standard InChI is InChI=1S/C10H11F3N2O2/c1-7-3-2-4-8(9(7)15(16)17)14-6-5-10(11,12)13/h2-4,14H,5-6H2,1H3. The predicted octanol–water partition coefficient (Wildman–Crippen LogP) is 3.27. The first kappa shape index (κ1) is 13.3. The lowest BCUT2D eigenvalue weighted by atomic mass is 10.1. The molecule has 1 aromatic rings. The molecule has 94 valence electrons. The fourth-order valence-electron chi connectivity index (χ4n) is 1.38. The highest BCUT2D eigenvalue weighted by atomic mass is 19.4. The molecule has 0 spiro atoms. The van der Waals surface area contributed by atoms with Crippen LogP contribution < -0.4 is 5.32 Å². The number of rotatable bonds is 4. The van der Waals surface area contributed by atoms with Crippen molar-refractivity contribution in [1.82, 2.24) is 0 Å². The Hall–Kier alpha value is -1.79. The summed E-state index contributed by atoms with van der Waals surface area (Å²) in [6, 6.07) is 4.48. The van der Waals surface area contributed by atoms with Gasteiger partial charge in [-0.05, 0) is 13.0 Å². The van der Waals surface area contributed by atoms with Crippen molar-refractivity contribution in [2.24, 2.45) is 0 Å². The molecule has 4 nitrogen and oxygen atoms in total. The third kappa shape index (κ3) is 3.93. The number of aryl methyl sites for hydroxylation is 1. The Kier molecular flexibility index (Phi) is 3.93. The molecule has 17 heavy (non-hydrogen) atoms. The summed E-state index contributed by atoms with van der Waals surface area (Å²) >= 11 is 0. The van der Waals surface area contributed by atoms with Crippen molar-refractivity contribution >= 4 is 11.4 Å². The molecule has 0 saturated carbocycles. The fourth-order valence-corrected chi connectivity index (χ4v) is 1.38. The van der Waals surface area contributed by atoms with Crippen LogP contribution >= 0.6 is 0 Å². The van der Waals surface area contributed by atoms with Crippen LogP contribution in [0.4, 0.5) is 24.5 Å². The Morgan fingerprint density at radius 1 is 1.41 bits per heavy atom. The van der Waals surface area contributed by atoms with Gasteiger partial charge >= 0.3 is 6.18 Å². The number of nitrogens with zero attached hydrogens (tertiary/aromatic N) is 1. The van der Waals surface area contributed by atoms with Gasteiger partial charge in [-0.3, -0.25) is 10.1 Å². The van der Waals surface area contributed by atoms with E-state index in [0.717, 1.165) is 0 Å². The number of halogens is 3. The summed E-state index contributed by atoms with van der Waals surface area (Å²) in [5.74, 6) is 0. The minimum Gasteiger partial charge on any atom is -0.379 e. The van der Waals surface area contributed by atoms with E-state index in [1.165, 1.54) is 19.1 Å². The molecule has 0 unspecified atom stereocenters. The Morgan fingerprint density at radius 2 is 2.06 bits per heavy atom. The molecule has 1 rings (SSSR count). The molecule has 0 aromatic heterocycles. The summed E-state index contributed by atoms with van der Waals surface area (Å²) in [7, 11) is 0. The zero-order valence-electron chi connectivity index (χ0n) is 9.04. The van der Waals surface area contributed by atoms with E-state index in [-0.39, 0.29) is 17.9 Å². The van der Waals surface area contributed by atoms with Gasteiger partial charge in [-0.1, -0.05) is 12.1 Å². The van der Waals surface area contributed by atoms with Gasteiger partial charge in [-0.25, -0.2) is 0 Å². The average molecular weight is 248 g/mol. The first-order valence-electron chi connectivity index (χ1n) is 4.86. The summed E-state index contributed by atoms with van der Waals surface area (Å²) in [4.78, 5) is 10.1. The van der Waals surface area contributed by atoms with E-state index in [4.69, 9.17) is 0 Å². The van der Waals surface area contributed by atoms with Crippen LogP contribution in [0.2, 0.25) is 0 Å². The van der Waals surface area contributed by atoms with Crippen molar-refractivity contribution in [1.29, 1.82) is 0 Å². The molecule has 0 aliphatic carbocycles. The van der Waals surface area contributed by atoms with Gasteiger partial charge in [0.05, 0.1) is 11.3 Å². The molecule has 0 aliphatic rings. The zero-order chi connectivity index (χ0) is 13.1. The van der Waals surface area contributed by atoms with E-state index in [2.05, 4.69) is 5.32 Å². The molecule has 0 atom stereocenters. The maximum absolute atomic E-state index is 11.9. The van der Waals surface area contributed by atoms with E-state index in [1.54, 1.807) is 6.07 Å². The largest absolute Gasteiger partial charge is 0.390 e. The summed E-state index contributed by atoms with van der Waals surface area (Å²) in [5, 5.41) is 13.2. The topological polar surface area (TPSA) is 55.2 Å². The minimum absolute atomic E-state index is 0.110. The number of nitro benzene ring substituents is 1. The van der Waals surface area contributed by atoms with Crippen molar-refractivity contribution in [3.63, 3.8) is 0 Å². The van der Waals surface area contributed by atoms with Crippen LogP contribution in [0.15, 0.2) is 18.2 Å². The normalized spacial score (nSPS) is 11.3. The second-order valence-electron chi connectivity index (χ2n) is 3.52. The molecule has 7 heteroatoms. The quantitative estimate of drug-likeness (QED) is 0.657. The molecule has 0 amide bonds. The third-order valence-electron chi connectivity index (χ3n) is 2.14. The first-order valence-corrected chi connectivity index (χ1v) is 4.86. The van der Waals surface area contributed by atoms with E-state index >= 15 is 0 Å². The molecule has 0 radical (unpaired) electrons. The van der Waals surface area contributed by atoms with Gasteiger partial charge in [0, 0.05) is 12.1 Å². The Balaban J connectivity index is 2.78. The van der Waals surface area contributed by atoms with Gasteiger partial charge < -0.3 is 5.32 Å². The lowest BCUT2D eigenvalue weighted by Crippen LogP contribution is -2.15. The highest BCUT2D eigenvalue weighted by Gasteiger charge is 2.26. The molecule has 0 heterocycles. The maximum atomic E-state index is 11.9. The zero-order valence-corrected chi connectivity index (χ0v) is 9.04. The van der Waals surface area contributed by atoms with Crippen molar-refractivity contribution < 1.29 is 18.1 Å². The summed E-state index contributed by atoms with van der Waals surface area (Å²) in [6.07, 6.45) is -5.30. The van der Waals surface area contributed by atoms with Crippen LogP contribution in [0, 0.1) is 17.0 Å². The molecular weight excluding hydrogens is 237 g/mol. The Morgan fingerprint density at radius 3 is 2.59 bits per heavy atom. The van der Waals surface area contributed by atoms with E-state index < -0.39 is 17.5 Å². The SMILES string of the molecule is Cc1cccc(NCCC(F)(F)F)c1[N+](=O)[O-]. The van der Waals surface area contributed by atoms with Crippen LogP contribution in [-0.4, -0.2) is 17.6 Å². The van der Waals surface area contributed by atoms with Crippen molar-refractivity contribution in [3.05, 3.63) is 33.9 Å². The molecule has 0 aliphatic heterocycles. The van der Waals surface area contributed by atoms with Gasteiger partial charge in [0.1, 0.15) is 5.69 Å². The molecule has 0 saturated heterocycles. The van der Waals surface area contributed by atoms with Gasteiger partial charge in [0.25, 0.3) is 5.69 Å². The maximum Gasteiger partial charge on any atom is 0.390 e. The number of hydrogen-bond donors (Lipinski definition) is 1. The van der Waals surface area contributed by atoms with E-state index in [0.29, 0.717) is 5.56 Å². The minimum atomic E-state index is -4.27. The van der Waals surface area contributed by atoms with Crippen LogP contribution in [-0.2, 0) is 0 Å². The number of nitrogens with one attached hydrogen (secondary N) is 1. The molecular formula is C10H11F3N2O2. The molecule has 1 aromatic carbocycles. The number of hydrogen-bond acceptors (Lipinski definition) is 3. The predicted molar refractivity (Wildman–Crippen MR) is 57.0 cm³/mol.